The van der Waals surface area contributed by atoms with Crippen LogP contribution in [-0.2, 0) is 0 Å². The molecule has 0 heterocycles. The fourth-order valence-electron chi connectivity index (χ4n) is 1.36. The molecule has 0 amide bonds. The van der Waals surface area contributed by atoms with E-state index < -0.39 is 0 Å². The van der Waals surface area contributed by atoms with Crippen LogP contribution in [0.4, 0.5) is 0 Å². The Balaban J connectivity index is 0.00000128. The van der Waals surface area contributed by atoms with Crippen LogP contribution in [0.3, 0.4) is 0 Å². The maximum atomic E-state index is 5.12. The van der Waals surface area contributed by atoms with Gasteiger partial charge in [-0.15, -0.1) is 0 Å². The summed E-state index contributed by atoms with van der Waals surface area (Å²) in [5.74, 6) is 0.914. The lowest BCUT2D eigenvalue weighted by Gasteiger charge is -2.03. The van der Waals surface area contributed by atoms with Crippen molar-refractivity contribution in [2.24, 2.45) is 0 Å². The minimum Gasteiger partial charge on any atom is -0.497 e. The summed E-state index contributed by atoms with van der Waals surface area (Å²) in [7, 11) is 2.41. The van der Waals surface area contributed by atoms with Gasteiger partial charge in [-0.1, -0.05) is 51.0 Å². The van der Waals surface area contributed by atoms with Gasteiger partial charge in [-0.05, 0) is 22.7 Å². The van der Waals surface area contributed by atoms with Gasteiger partial charge in [0.2, 0.25) is 0 Å². The van der Waals surface area contributed by atoms with Crippen molar-refractivity contribution in [2.75, 3.05) is 7.11 Å². The molecular formula is C13H13BOP. The van der Waals surface area contributed by atoms with Gasteiger partial charge in [0.1, 0.15) is 5.75 Å². The average molecular weight is 227 g/mol. The SMILES string of the molecule is COc1ccc(Pc2ccccc2)cc1.[B]. The molecule has 3 radical (unpaired) electrons. The van der Waals surface area contributed by atoms with Crippen LogP contribution >= 0.6 is 8.58 Å². The van der Waals surface area contributed by atoms with Crippen LogP contribution in [0.1, 0.15) is 0 Å². The third-order valence-corrected chi connectivity index (χ3v) is 3.40. The van der Waals surface area contributed by atoms with Crippen molar-refractivity contribution in [3.63, 3.8) is 0 Å². The van der Waals surface area contributed by atoms with Gasteiger partial charge in [0.05, 0.1) is 7.11 Å². The van der Waals surface area contributed by atoms with Crippen LogP contribution in [0, 0.1) is 0 Å². The van der Waals surface area contributed by atoms with Crippen molar-refractivity contribution in [1.82, 2.24) is 0 Å². The summed E-state index contributed by atoms with van der Waals surface area (Å²) < 4.78 is 5.12. The zero-order valence-electron chi connectivity index (χ0n) is 9.18. The largest absolute Gasteiger partial charge is 0.497 e. The minimum atomic E-state index is 0. The van der Waals surface area contributed by atoms with E-state index in [4.69, 9.17) is 4.74 Å². The Bertz CT molecular complexity index is 414. The fraction of sp³-hybridized carbons (Fsp3) is 0.0769. The van der Waals surface area contributed by atoms with Gasteiger partial charge in [0.15, 0.2) is 0 Å². The second-order valence-electron chi connectivity index (χ2n) is 3.22. The first kappa shape index (κ1) is 12.8. The molecule has 0 N–H and O–H groups in total. The lowest BCUT2D eigenvalue weighted by molar-refractivity contribution is 0.415. The number of hydrogen-bond donors (Lipinski definition) is 0. The van der Waals surface area contributed by atoms with E-state index in [1.165, 1.54) is 10.6 Å². The molecule has 0 fully saturated rings. The Kier molecular flexibility index (Phi) is 5.08. The van der Waals surface area contributed by atoms with Crippen molar-refractivity contribution in [3.8, 4) is 5.75 Å². The third-order valence-electron chi connectivity index (χ3n) is 2.15. The van der Waals surface area contributed by atoms with Gasteiger partial charge < -0.3 is 4.74 Å². The summed E-state index contributed by atoms with van der Waals surface area (Å²) in [4.78, 5) is 0. The predicted molar refractivity (Wildman–Crippen MR) is 72.8 cm³/mol. The zero-order chi connectivity index (χ0) is 10.5. The summed E-state index contributed by atoms with van der Waals surface area (Å²) in [6.07, 6.45) is 0. The van der Waals surface area contributed by atoms with Gasteiger partial charge in [-0.25, -0.2) is 0 Å². The van der Waals surface area contributed by atoms with Crippen LogP contribution in [0.2, 0.25) is 0 Å². The first-order valence-electron chi connectivity index (χ1n) is 4.84. The maximum absolute atomic E-state index is 5.12. The summed E-state index contributed by atoms with van der Waals surface area (Å²) in [6, 6.07) is 18.7. The highest BCUT2D eigenvalue weighted by Gasteiger charge is 1.95. The van der Waals surface area contributed by atoms with Crippen LogP contribution in [-0.4, -0.2) is 15.5 Å². The molecule has 3 heteroatoms. The molecule has 0 saturated heterocycles. The standard InChI is InChI=1S/C13H13OP.B/c1-14-11-7-9-13(10-8-11)15-12-5-3-2-4-6-12;/h2-10,15H,1H3;. The van der Waals surface area contributed by atoms with Crippen molar-refractivity contribution in [1.29, 1.82) is 0 Å². The number of hydrogen-bond acceptors (Lipinski definition) is 1. The molecule has 1 nitrogen and oxygen atoms in total. The summed E-state index contributed by atoms with van der Waals surface area (Å²) >= 11 is 0. The predicted octanol–water partition coefficient (Wildman–Crippen LogP) is 1.94. The molecule has 2 aromatic carbocycles. The Morgan fingerprint density at radius 1 is 0.812 bits per heavy atom. The highest BCUT2D eigenvalue weighted by molar-refractivity contribution is 7.55. The summed E-state index contributed by atoms with van der Waals surface area (Å²) in [5, 5.41) is 2.70. The third kappa shape index (κ3) is 3.39. The lowest BCUT2D eigenvalue weighted by Crippen LogP contribution is -2.02. The molecule has 79 valence electrons. The Labute approximate surface area is 100 Å². The highest BCUT2D eigenvalue weighted by Crippen LogP contribution is 2.13. The van der Waals surface area contributed by atoms with Crippen molar-refractivity contribution in [3.05, 3.63) is 54.6 Å². The second kappa shape index (κ2) is 6.35. The van der Waals surface area contributed by atoms with Gasteiger partial charge >= 0.3 is 0 Å². The molecule has 0 spiro atoms. The molecule has 1 atom stereocenters. The molecule has 2 rings (SSSR count). The van der Waals surface area contributed by atoms with Crippen LogP contribution in [0.25, 0.3) is 0 Å². The van der Waals surface area contributed by atoms with E-state index in [9.17, 15) is 0 Å². The highest BCUT2D eigenvalue weighted by atomic mass is 31.1. The van der Waals surface area contributed by atoms with Crippen LogP contribution in [0.5, 0.6) is 5.75 Å². The van der Waals surface area contributed by atoms with Crippen molar-refractivity contribution >= 4 is 27.6 Å². The topological polar surface area (TPSA) is 9.23 Å². The van der Waals surface area contributed by atoms with E-state index in [-0.39, 0.29) is 8.41 Å². The fourth-order valence-corrected chi connectivity index (χ4v) is 2.39. The van der Waals surface area contributed by atoms with E-state index >= 15 is 0 Å². The number of methoxy groups -OCH3 is 1. The Morgan fingerprint density at radius 3 is 1.94 bits per heavy atom. The maximum Gasteiger partial charge on any atom is 0.118 e. The van der Waals surface area contributed by atoms with E-state index in [0.717, 1.165) is 14.3 Å². The lowest BCUT2D eigenvalue weighted by atomic mass is 10.3. The summed E-state index contributed by atoms with van der Waals surface area (Å²) in [6.45, 7) is 0. The minimum absolute atomic E-state index is 0. The number of rotatable bonds is 3. The smallest absolute Gasteiger partial charge is 0.118 e. The van der Waals surface area contributed by atoms with Gasteiger partial charge in [0, 0.05) is 8.41 Å². The molecule has 0 aromatic heterocycles. The molecule has 2 aromatic rings. The molecule has 1 unspecified atom stereocenters. The van der Waals surface area contributed by atoms with Gasteiger partial charge in [0.25, 0.3) is 0 Å². The molecular weight excluding hydrogens is 214 g/mol. The van der Waals surface area contributed by atoms with Crippen LogP contribution < -0.4 is 15.3 Å². The zero-order valence-corrected chi connectivity index (χ0v) is 10.2. The normalized spacial score (nSPS) is 10.1. The van der Waals surface area contributed by atoms with Gasteiger partial charge in [-0.2, -0.15) is 0 Å². The Hall–Kier alpha value is -1.27. The molecule has 0 bridgehead atoms. The van der Waals surface area contributed by atoms with E-state index in [2.05, 4.69) is 36.4 Å². The summed E-state index contributed by atoms with van der Waals surface area (Å²) in [5.41, 5.74) is 0. The number of benzene rings is 2. The monoisotopic (exact) mass is 227 g/mol. The van der Waals surface area contributed by atoms with Crippen LogP contribution in [0.15, 0.2) is 54.6 Å². The molecule has 0 aliphatic rings. The van der Waals surface area contributed by atoms with E-state index in [1.54, 1.807) is 7.11 Å². The number of ether oxygens (including phenoxy) is 1. The van der Waals surface area contributed by atoms with E-state index in [0.29, 0.717) is 0 Å². The molecule has 0 aliphatic carbocycles. The first-order chi connectivity index (χ1) is 7.38. The molecule has 0 saturated carbocycles. The van der Waals surface area contributed by atoms with Crippen molar-refractivity contribution in [2.45, 2.75) is 0 Å². The average Bonchev–Trinajstić information content (AvgIpc) is 2.31. The quantitative estimate of drug-likeness (QED) is 0.575. The van der Waals surface area contributed by atoms with E-state index in [1.807, 2.05) is 18.2 Å². The first-order valence-corrected chi connectivity index (χ1v) is 5.84. The molecule has 0 aliphatic heterocycles. The van der Waals surface area contributed by atoms with Crippen molar-refractivity contribution < 1.29 is 4.74 Å². The second-order valence-corrected chi connectivity index (χ2v) is 4.62. The Morgan fingerprint density at radius 2 is 1.38 bits per heavy atom. The van der Waals surface area contributed by atoms with Gasteiger partial charge in [-0.3, -0.25) is 0 Å². The molecule has 16 heavy (non-hydrogen) atoms.